The van der Waals surface area contributed by atoms with Crippen LogP contribution in [0.3, 0.4) is 0 Å². The lowest BCUT2D eigenvalue weighted by atomic mass is 9.87. The Balaban J connectivity index is 2.30. The number of anilines is 1. The van der Waals surface area contributed by atoms with Gasteiger partial charge in [-0.1, -0.05) is 12.1 Å². The van der Waals surface area contributed by atoms with E-state index in [2.05, 4.69) is 28.7 Å². The van der Waals surface area contributed by atoms with E-state index in [0.29, 0.717) is 5.95 Å². The summed E-state index contributed by atoms with van der Waals surface area (Å²) >= 11 is 0. The number of halogens is 1. The third-order valence-electron chi connectivity index (χ3n) is 3.73. The molecule has 0 saturated heterocycles. The molecule has 0 bridgehead atoms. The zero-order valence-electron chi connectivity index (χ0n) is 12.7. The van der Waals surface area contributed by atoms with Gasteiger partial charge in [-0.3, -0.25) is 0 Å². The fourth-order valence-corrected chi connectivity index (χ4v) is 2.22. The summed E-state index contributed by atoms with van der Waals surface area (Å²) in [7, 11) is 0. The van der Waals surface area contributed by atoms with Crippen LogP contribution in [0.2, 0.25) is 0 Å². The molecule has 0 saturated carbocycles. The Morgan fingerprint density at radius 2 is 1.57 bits per heavy atom. The van der Waals surface area contributed by atoms with E-state index < -0.39 is 5.54 Å². The van der Waals surface area contributed by atoms with Gasteiger partial charge in [0.1, 0.15) is 5.82 Å². The Morgan fingerprint density at radius 1 is 1.05 bits per heavy atom. The summed E-state index contributed by atoms with van der Waals surface area (Å²) in [6.07, 6.45) is 3.48. The maximum Gasteiger partial charge on any atom is 0.225 e. The van der Waals surface area contributed by atoms with Gasteiger partial charge in [-0.25, -0.2) is 14.4 Å². The monoisotopic (exact) mass is 288 g/mol. The van der Waals surface area contributed by atoms with Crippen molar-refractivity contribution in [2.24, 2.45) is 5.73 Å². The average Bonchev–Trinajstić information content (AvgIpc) is 2.49. The van der Waals surface area contributed by atoms with Crippen molar-refractivity contribution in [2.75, 3.05) is 18.0 Å². The van der Waals surface area contributed by atoms with Gasteiger partial charge < -0.3 is 10.6 Å². The first-order chi connectivity index (χ1) is 9.98. The molecule has 0 fully saturated rings. The molecule has 112 valence electrons. The summed E-state index contributed by atoms with van der Waals surface area (Å²) in [5, 5.41) is 0. The number of aromatic nitrogens is 2. The van der Waals surface area contributed by atoms with Crippen LogP contribution in [-0.2, 0) is 5.54 Å². The fourth-order valence-electron chi connectivity index (χ4n) is 2.22. The van der Waals surface area contributed by atoms with Crippen LogP contribution in [0.1, 0.15) is 31.9 Å². The van der Waals surface area contributed by atoms with Crippen LogP contribution in [0.15, 0.2) is 36.7 Å². The van der Waals surface area contributed by atoms with E-state index in [1.54, 1.807) is 24.5 Å². The van der Waals surface area contributed by atoms with E-state index in [9.17, 15) is 4.39 Å². The minimum absolute atomic E-state index is 0.275. The average molecular weight is 288 g/mol. The smallest absolute Gasteiger partial charge is 0.225 e. The summed E-state index contributed by atoms with van der Waals surface area (Å²) in [5.74, 6) is 0.418. The van der Waals surface area contributed by atoms with Gasteiger partial charge in [0.15, 0.2) is 0 Å². The van der Waals surface area contributed by atoms with Crippen molar-refractivity contribution in [1.29, 1.82) is 0 Å². The van der Waals surface area contributed by atoms with Crippen molar-refractivity contribution in [2.45, 2.75) is 26.3 Å². The predicted octanol–water partition coefficient (Wildman–Crippen LogP) is 2.68. The minimum Gasteiger partial charge on any atom is -0.341 e. The lowest BCUT2D eigenvalue weighted by molar-refractivity contribution is 0.587. The quantitative estimate of drug-likeness (QED) is 0.919. The minimum atomic E-state index is -0.754. The molecule has 0 spiro atoms. The highest BCUT2D eigenvalue weighted by atomic mass is 19.1. The topological polar surface area (TPSA) is 55.0 Å². The summed E-state index contributed by atoms with van der Waals surface area (Å²) in [5.41, 5.74) is 7.25. The first-order valence-corrected chi connectivity index (χ1v) is 7.11. The van der Waals surface area contributed by atoms with Crippen LogP contribution in [-0.4, -0.2) is 23.1 Å². The standard InChI is InChI=1S/C16H21FN4/c1-4-21(5-2)15-19-10-13(11-20-15)16(3,18)12-6-8-14(17)9-7-12/h6-11H,4-5,18H2,1-3H3/t16-/m0/s1. The summed E-state index contributed by atoms with van der Waals surface area (Å²) in [4.78, 5) is 10.8. The lowest BCUT2D eigenvalue weighted by Gasteiger charge is -2.26. The Kier molecular flexibility index (Phi) is 4.53. The van der Waals surface area contributed by atoms with Gasteiger partial charge in [0, 0.05) is 31.0 Å². The highest BCUT2D eigenvalue weighted by molar-refractivity contribution is 5.37. The molecule has 0 aliphatic heterocycles. The molecule has 1 atom stereocenters. The summed E-state index contributed by atoms with van der Waals surface area (Å²) < 4.78 is 13.0. The molecule has 21 heavy (non-hydrogen) atoms. The van der Waals surface area contributed by atoms with Crippen molar-refractivity contribution < 1.29 is 4.39 Å². The van der Waals surface area contributed by atoms with Crippen molar-refractivity contribution in [3.63, 3.8) is 0 Å². The molecule has 2 rings (SSSR count). The second-order valence-corrected chi connectivity index (χ2v) is 5.15. The molecule has 1 heterocycles. The molecular formula is C16H21FN4. The number of nitrogens with zero attached hydrogens (tertiary/aromatic N) is 3. The fraction of sp³-hybridized carbons (Fsp3) is 0.375. The van der Waals surface area contributed by atoms with Gasteiger partial charge in [0.05, 0.1) is 5.54 Å². The molecule has 0 unspecified atom stereocenters. The summed E-state index contributed by atoms with van der Waals surface area (Å²) in [6.45, 7) is 7.70. The lowest BCUT2D eigenvalue weighted by Crippen LogP contribution is -2.35. The highest BCUT2D eigenvalue weighted by Crippen LogP contribution is 2.26. The predicted molar refractivity (Wildman–Crippen MR) is 82.6 cm³/mol. The van der Waals surface area contributed by atoms with Crippen molar-refractivity contribution in [1.82, 2.24) is 9.97 Å². The Bertz CT molecular complexity index is 574. The van der Waals surface area contributed by atoms with E-state index in [4.69, 9.17) is 5.73 Å². The molecule has 0 radical (unpaired) electrons. The van der Waals surface area contributed by atoms with E-state index in [1.807, 2.05) is 6.92 Å². The normalized spacial score (nSPS) is 13.8. The number of rotatable bonds is 5. The molecule has 0 aliphatic carbocycles. The van der Waals surface area contributed by atoms with Gasteiger partial charge in [-0.2, -0.15) is 0 Å². The first kappa shape index (κ1) is 15.4. The van der Waals surface area contributed by atoms with E-state index in [0.717, 1.165) is 24.2 Å². The molecule has 0 aliphatic rings. The van der Waals surface area contributed by atoms with Gasteiger partial charge in [0.25, 0.3) is 0 Å². The molecule has 2 aromatic rings. The van der Waals surface area contributed by atoms with Crippen LogP contribution < -0.4 is 10.6 Å². The van der Waals surface area contributed by atoms with E-state index in [1.165, 1.54) is 12.1 Å². The second kappa shape index (κ2) is 6.18. The first-order valence-electron chi connectivity index (χ1n) is 7.11. The molecule has 1 aromatic carbocycles. The maximum absolute atomic E-state index is 13.0. The van der Waals surface area contributed by atoms with Gasteiger partial charge in [-0.05, 0) is 38.5 Å². The molecule has 5 heteroatoms. The van der Waals surface area contributed by atoms with Crippen molar-refractivity contribution in [3.8, 4) is 0 Å². The number of hydrogen-bond acceptors (Lipinski definition) is 4. The van der Waals surface area contributed by atoms with Gasteiger partial charge >= 0.3 is 0 Å². The number of nitrogens with two attached hydrogens (primary N) is 1. The van der Waals surface area contributed by atoms with Crippen LogP contribution in [0, 0.1) is 5.82 Å². The molecular weight excluding hydrogens is 267 g/mol. The van der Waals surface area contributed by atoms with Crippen molar-refractivity contribution >= 4 is 5.95 Å². The molecule has 1 aromatic heterocycles. The summed E-state index contributed by atoms with van der Waals surface area (Å²) in [6, 6.07) is 6.19. The third kappa shape index (κ3) is 3.19. The molecule has 2 N–H and O–H groups in total. The largest absolute Gasteiger partial charge is 0.341 e. The van der Waals surface area contributed by atoms with Crippen molar-refractivity contribution in [3.05, 3.63) is 53.6 Å². The van der Waals surface area contributed by atoms with Crippen LogP contribution in [0.4, 0.5) is 10.3 Å². The van der Waals surface area contributed by atoms with E-state index in [-0.39, 0.29) is 5.82 Å². The zero-order valence-corrected chi connectivity index (χ0v) is 12.7. The van der Waals surface area contributed by atoms with Gasteiger partial charge in [-0.15, -0.1) is 0 Å². The molecule has 0 amide bonds. The van der Waals surface area contributed by atoms with Crippen LogP contribution in [0.5, 0.6) is 0 Å². The number of benzene rings is 1. The van der Waals surface area contributed by atoms with Gasteiger partial charge in [0.2, 0.25) is 5.95 Å². The molecule has 4 nitrogen and oxygen atoms in total. The highest BCUT2D eigenvalue weighted by Gasteiger charge is 2.25. The second-order valence-electron chi connectivity index (χ2n) is 5.15. The SMILES string of the molecule is CCN(CC)c1ncc([C@@](C)(N)c2ccc(F)cc2)cn1. The van der Waals surface area contributed by atoms with E-state index >= 15 is 0 Å². The van der Waals surface area contributed by atoms with Crippen LogP contribution in [0.25, 0.3) is 0 Å². The Morgan fingerprint density at radius 3 is 2.05 bits per heavy atom. The maximum atomic E-state index is 13.0. The Labute approximate surface area is 124 Å². The Hall–Kier alpha value is -2.01. The zero-order chi connectivity index (χ0) is 15.5. The van der Waals surface area contributed by atoms with Crippen LogP contribution >= 0.6 is 0 Å². The number of hydrogen-bond donors (Lipinski definition) is 1. The third-order valence-corrected chi connectivity index (χ3v) is 3.73.